The van der Waals surface area contributed by atoms with Crippen molar-refractivity contribution in [3.8, 4) is 0 Å². The van der Waals surface area contributed by atoms with Crippen molar-refractivity contribution >= 4 is 16.0 Å². The highest BCUT2D eigenvalue weighted by Gasteiger charge is 2.26. The van der Waals surface area contributed by atoms with E-state index in [1.54, 1.807) is 6.92 Å². The maximum absolute atomic E-state index is 11.4. The van der Waals surface area contributed by atoms with Crippen molar-refractivity contribution in [3.63, 3.8) is 0 Å². The van der Waals surface area contributed by atoms with E-state index in [1.807, 2.05) is 0 Å². The van der Waals surface area contributed by atoms with Gasteiger partial charge in [-0.2, -0.15) is 5.10 Å². The Morgan fingerprint density at radius 1 is 1.60 bits per heavy atom. The van der Waals surface area contributed by atoms with E-state index >= 15 is 0 Å². The highest BCUT2D eigenvalue weighted by molar-refractivity contribution is 7.89. The molecule has 0 atom stereocenters. The minimum atomic E-state index is -4.02. The maximum atomic E-state index is 11.4. The van der Waals surface area contributed by atoms with Gasteiger partial charge in [-0.15, -0.1) is 0 Å². The molecule has 0 saturated carbocycles. The molecule has 0 saturated heterocycles. The molecule has 0 bridgehead atoms. The van der Waals surface area contributed by atoms with Crippen molar-refractivity contribution in [2.24, 2.45) is 5.14 Å². The molecule has 8 heteroatoms. The fourth-order valence-electron chi connectivity index (χ4n) is 1.06. The number of nitrogens with two attached hydrogens (primary N) is 1. The molecule has 15 heavy (non-hydrogen) atoms. The lowest BCUT2D eigenvalue weighted by molar-refractivity contribution is 0.0521. The van der Waals surface area contributed by atoms with Gasteiger partial charge in [0.05, 0.1) is 6.61 Å². The molecule has 0 amide bonds. The van der Waals surface area contributed by atoms with E-state index in [9.17, 15) is 13.2 Å². The van der Waals surface area contributed by atoms with Gasteiger partial charge in [-0.25, -0.2) is 18.4 Å². The molecule has 0 aliphatic rings. The van der Waals surface area contributed by atoms with Crippen molar-refractivity contribution in [1.29, 1.82) is 0 Å². The summed E-state index contributed by atoms with van der Waals surface area (Å²) in [4.78, 5) is 11.4. The lowest BCUT2D eigenvalue weighted by Crippen LogP contribution is -2.18. The van der Waals surface area contributed by atoms with Crippen LogP contribution in [0.1, 0.15) is 23.0 Å². The molecular weight excluding hydrogens is 222 g/mol. The molecule has 1 heterocycles. The molecule has 0 fully saturated rings. The fraction of sp³-hybridized carbons (Fsp3) is 0.429. The molecule has 7 nitrogen and oxygen atoms in total. The molecule has 1 rings (SSSR count). The number of hydrogen-bond acceptors (Lipinski definition) is 5. The average Bonchev–Trinajstić information content (AvgIpc) is 2.46. The van der Waals surface area contributed by atoms with Crippen LogP contribution in [0.5, 0.6) is 0 Å². The lowest BCUT2D eigenvalue weighted by Gasteiger charge is -2.01. The van der Waals surface area contributed by atoms with Crippen LogP contribution in [-0.4, -0.2) is 31.2 Å². The number of aromatic nitrogens is 2. The van der Waals surface area contributed by atoms with Crippen LogP contribution in [0.15, 0.2) is 5.03 Å². The minimum Gasteiger partial charge on any atom is -0.462 e. The van der Waals surface area contributed by atoms with Crippen LogP contribution in [0.3, 0.4) is 0 Å². The Morgan fingerprint density at radius 2 is 2.20 bits per heavy atom. The molecule has 0 spiro atoms. The molecule has 3 N–H and O–H groups in total. The van der Waals surface area contributed by atoms with Gasteiger partial charge in [0.15, 0.2) is 0 Å². The average molecular weight is 233 g/mol. The molecule has 0 aliphatic carbocycles. The topological polar surface area (TPSA) is 115 Å². The van der Waals surface area contributed by atoms with Gasteiger partial charge in [0.25, 0.3) is 10.0 Å². The Morgan fingerprint density at radius 3 is 2.67 bits per heavy atom. The smallest absolute Gasteiger partial charge is 0.343 e. The second-order valence-corrected chi connectivity index (χ2v) is 4.27. The largest absolute Gasteiger partial charge is 0.462 e. The van der Waals surface area contributed by atoms with Gasteiger partial charge in [0.2, 0.25) is 5.03 Å². The van der Waals surface area contributed by atoms with Crippen LogP contribution in [-0.2, 0) is 14.8 Å². The molecule has 0 radical (unpaired) electrons. The summed E-state index contributed by atoms with van der Waals surface area (Å²) < 4.78 is 26.8. The Labute approximate surface area is 86.7 Å². The quantitative estimate of drug-likeness (QED) is 0.685. The van der Waals surface area contributed by atoms with Crippen molar-refractivity contribution < 1.29 is 17.9 Å². The summed E-state index contributed by atoms with van der Waals surface area (Å²) in [5, 5.41) is 10.2. The molecule has 0 aliphatic heterocycles. The number of nitrogens with zero attached hydrogens (tertiary/aromatic N) is 1. The van der Waals surface area contributed by atoms with Gasteiger partial charge < -0.3 is 4.74 Å². The summed E-state index contributed by atoms with van der Waals surface area (Å²) in [6, 6.07) is 0. The van der Waals surface area contributed by atoms with E-state index in [0.717, 1.165) is 0 Å². The number of ether oxygens (including phenoxy) is 1. The van der Waals surface area contributed by atoms with Crippen molar-refractivity contribution in [2.45, 2.75) is 18.9 Å². The van der Waals surface area contributed by atoms with Gasteiger partial charge in [0, 0.05) is 5.69 Å². The number of rotatable bonds is 3. The van der Waals surface area contributed by atoms with Crippen LogP contribution in [0.4, 0.5) is 0 Å². The molecule has 0 unspecified atom stereocenters. The number of aromatic amines is 1. The van der Waals surface area contributed by atoms with E-state index in [1.165, 1.54) is 6.92 Å². The van der Waals surface area contributed by atoms with Gasteiger partial charge in [0.1, 0.15) is 5.56 Å². The van der Waals surface area contributed by atoms with E-state index in [2.05, 4.69) is 14.9 Å². The van der Waals surface area contributed by atoms with Gasteiger partial charge in [-0.3, -0.25) is 5.10 Å². The number of aryl methyl sites for hydroxylation is 1. The summed E-state index contributed by atoms with van der Waals surface area (Å²) in [6.07, 6.45) is 0. The van der Waals surface area contributed by atoms with E-state index in [0.29, 0.717) is 5.69 Å². The molecule has 1 aromatic rings. The third-order valence-electron chi connectivity index (χ3n) is 1.66. The summed E-state index contributed by atoms with van der Waals surface area (Å²) in [7, 11) is -4.02. The van der Waals surface area contributed by atoms with Crippen molar-refractivity contribution in [1.82, 2.24) is 10.2 Å². The fourth-order valence-corrected chi connectivity index (χ4v) is 1.75. The predicted molar refractivity (Wildman–Crippen MR) is 50.7 cm³/mol. The van der Waals surface area contributed by atoms with Gasteiger partial charge >= 0.3 is 5.97 Å². The zero-order valence-electron chi connectivity index (χ0n) is 8.27. The van der Waals surface area contributed by atoms with Crippen molar-refractivity contribution in [3.05, 3.63) is 11.3 Å². The number of H-pyrrole nitrogens is 1. The Balaban J connectivity index is 3.28. The monoisotopic (exact) mass is 233 g/mol. The Kier molecular flexibility index (Phi) is 3.10. The first-order valence-electron chi connectivity index (χ1n) is 4.12. The standard InChI is InChI=1S/C7H11N3O4S/c1-3-14-7(11)5-4(2)9-10-6(5)15(8,12)13/h3H2,1-2H3,(H,9,10)(H2,8,12,13). The van der Waals surface area contributed by atoms with Crippen LogP contribution in [0, 0.1) is 6.92 Å². The molecule has 1 aromatic heterocycles. The second-order valence-electron chi connectivity index (χ2n) is 2.79. The third kappa shape index (κ3) is 2.34. The molecular formula is C7H11N3O4S. The first-order valence-corrected chi connectivity index (χ1v) is 5.67. The highest BCUT2D eigenvalue weighted by atomic mass is 32.2. The summed E-state index contributed by atoms with van der Waals surface area (Å²) in [5.74, 6) is -0.757. The first kappa shape index (κ1) is 11.7. The Hall–Kier alpha value is -1.41. The first-order chi connectivity index (χ1) is 6.88. The van der Waals surface area contributed by atoms with Crippen LogP contribution >= 0.6 is 0 Å². The predicted octanol–water partition coefficient (Wildman–Crippen LogP) is -0.458. The SMILES string of the molecule is CCOC(=O)c1c(S(N)(=O)=O)n[nH]c1C. The normalized spacial score (nSPS) is 11.4. The van der Waals surface area contributed by atoms with Crippen LogP contribution < -0.4 is 5.14 Å². The third-order valence-corrected chi connectivity index (χ3v) is 2.50. The summed E-state index contributed by atoms with van der Waals surface area (Å²) in [6.45, 7) is 3.27. The number of primary sulfonamides is 1. The lowest BCUT2D eigenvalue weighted by atomic mass is 10.3. The zero-order valence-corrected chi connectivity index (χ0v) is 9.09. The van der Waals surface area contributed by atoms with Gasteiger partial charge in [-0.1, -0.05) is 0 Å². The number of esters is 1. The van der Waals surface area contributed by atoms with E-state index in [-0.39, 0.29) is 12.2 Å². The zero-order chi connectivity index (χ0) is 11.6. The highest BCUT2D eigenvalue weighted by Crippen LogP contribution is 2.15. The summed E-state index contributed by atoms with van der Waals surface area (Å²) in [5.41, 5.74) is 0.164. The van der Waals surface area contributed by atoms with E-state index in [4.69, 9.17) is 5.14 Å². The molecule has 84 valence electrons. The Bertz CT molecular complexity index is 476. The maximum Gasteiger partial charge on any atom is 0.343 e. The van der Waals surface area contributed by atoms with E-state index < -0.39 is 21.0 Å². The number of carbonyl (C=O) groups is 1. The summed E-state index contributed by atoms with van der Waals surface area (Å²) >= 11 is 0. The van der Waals surface area contributed by atoms with Gasteiger partial charge in [-0.05, 0) is 13.8 Å². The number of nitrogens with one attached hydrogen (secondary N) is 1. The molecule has 0 aromatic carbocycles. The van der Waals surface area contributed by atoms with Crippen LogP contribution in [0.2, 0.25) is 0 Å². The number of hydrogen-bond donors (Lipinski definition) is 2. The number of sulfonamides is 1. The minimum absolute atomic E-state index is 0.139. The van der Waals surface area contributed by atoms with Crippen molar-refractivity contribution in [2.75, 3.05) is 6.61 Å². The number of carbonyl (C=O) groups excluding carboxylic acids is 1. The van der Waals surface area contributed by atoms with Crippen LogP contribution in [0.25, 0.3) is 0 Å². The second kappa shape index (κ2) is 3.99.